The van der Waals surface area contributed by atoms with Gasteiger partial charge in [-0.2, -0.15) is 17.3 Å². The average Bonchev–Trinajstić information content (AvgIpc) is 2.35. The Labute approximate surface area is 108 Å². The van der Waals surface area contributed by atoms with Crippen molar-refractivity contribution in [2.24, 2.45) is 0 Å². The third kappa shape index (κ3) is 4.18. The third-order valence-electron chi connectivity index (χ3n) is 2.32. The minimum Gasteiger partial charge on any atom is -0.632 e. The predicted octanol–water partition coefficient (Wildman–Crippen LogP) is 1.73. The van der Waals surface area contributed by atoms with Gasteiger partial charge >= 0.3 is 12.4 Å². The maximum atomic E-state index is 12.3. The van der Waals surface area contributed by atoms with Crippen LogP contribution in [0, 0.1) is 16.7 Å². The van der Waals surface area contributed by atoms with Gasteiger partial charge in [0.05, 0.1) is 5.75 Å². The van der Waals surface area contributed by atoms with E-state index in [1.54, 1.807) is 0 Å². The fourth-order valence-corrected chi connectivity index (χ4v) is 2.17. The van der Waals surface area contributed by atoms with Gasteiger partial charge in [-0.3, -0.25) is 4.98 Å². The van der Waals surface area contributed by atoms with Gasteiger partial charge in [-0.1, -0.05) is 6.07 Å². The number of hydroxylamine groups is 1. The lowest BCUT2D eigenvalue weighted by atomic mass is 10.2. The molecule has 0 aliphatic carbocycles. The number of pyridine rings is 1. The zero-order chi connectivity index (χ0) is 14.7. The quantitative estimate of drug-likeness (QED) is 0.368. The van der Waals surface area contributed by atoms with Crippen LogP contribution in [0.25, 0.3) is 0 Å². The molecule has 1 rings (SSSR count). The molecule has 0 fully saturated rings. The molecule has 0 saturated carbocycles. The topological polar surface area (TPSA) is 79.8 Å². The maximum Gasteiger partial charge on any atom is 0.463 e. The van der Waals surface area contributed by atoms with Crippen LogP contribution in [0.1, 0.15) is 11.3 Å². The number of hydrogen-bond acceptors (Lipinski definition) is 4. The second kappa shape index (κ2) is 5.54. The number of aryl methyl sites for hydroxylation is 1. The normalized spacial score (nSPS) is 14.5. The fourth-order valence-electron chi connectivity index (χ4n) is 1.22. The average molecular weight is 293 g/mol. The Bertz CT molecular complexity index is 610. The summed E-state index contributed by atoms with van der Waals surface area (Å²) in [5.74, 6) is -0.128. The van der Waals surface area contributed by atoms with Crippen LogP contribution in [0.4, 0.5) is 13.2 Å². The molecule has 0 saturated heterocycles. The molecule has 0 radical (unpaired) electrons. The standard InChI is InChI=1S/C10H10F3N3O2S/c1-19(18,16(17)7-14)5-4-8-2-3-9(15-6-8)10(11,12)13/h2-3,6H,4-5H2,1H3. The molecule has 5 nitrogen and oxygen atoms in total. The molecule has 19 heavy (non-hydrogen) atoms. The first-order valence-electron chi connectivity index (χ1n) is 5.03. The molecule has 0 aromatic carbocycles. The van der Waals surface area contributed by atoms with E-state index < -0.39 is 21.6 Å². The number of alkyl halides is 3. The van der Waals surface area contributed by atoms with Crippen molar-refractivity contribution in [1.82, 2.24) is 4.98 Å². The number of nitrogens with zero attached hydrogens (tertiary/aromatic N) is 3. The highest BCUT2D eigenvalue weighted by Crippen LogP contribution is 2.27. The molecule has 0 aliphatic heterocycles. The second-order valence-electron chi connectivity index (χ2n) is 3.82. The second-order valence-corrected chi connectivity index (χ2v) is 6.48. The van der Waals surface area contributed by atoms with E-state index in [0.717, 1.165) is 18.5 Å². The van der Waals surface area contributed by atoms with Gasteiger partial charge < -0.3 is 5.21 Å². The van der Waals surface area contributed by atoms with E-state index in [-0.39, 0.29) is 16.3 Å². The van der Waals surface area contributed by atoms with Gasteiger partial charge in [0.2, 0.25) is 0 Å². The highest BCUT2D eigenvalue weighted by atomic mass is 32.2. The lowest BCUT2D eigenvalue weighted by Gasteiger charge is -2.08. The lowest BCUT2D eigenvalue weighted by molar-refractivity contribution is -0.332. The molecular formula is C10H10F3N3O2S. The van der Waals surface area contributed by atoms with E-state index in [0.29, 0.717) is 5.56 Å². The Hall–Kier alpha value is -1.66. The van der Waals surface area contributed by atoms with Crippen LogP contribution in [-0.4, -0.2) is 25.3 Å². The van der Waals surface area contributed by atoms with Crippen molar-refractivity contribution < 1.29 is 21.5 Å². The van der Waals surface area contributed by atoms with E-state index in [2.05, 4.69) is 4.98 Å². The van der Waals surface area contributed by atoms with E-state index >= 15 is 0 Å². The van der Waals surface area contributed by atoms with Crippen LogP contribution in [0.3, 0.4) is 0 Å². The monoisotopic (exact) mass is 293 g/mol. The van der Waals surface area contributed by atoms with Crippen LogP contribution in [0.5, 0.6) is 0 Å². The summed E-state index contributed by atoms with van der Waals surface area (Å²) in [6, 6.07) is 2.01. The van der Waals surface area contributed by atoms with Crippen molar-refractivity contribution in [2.45, 2.75) is 12.6 Å². The third-order valence-corrected chi connectivity index (χ3v) is 4.06. The fraction of sp³-hybridized carbons (Fsp3) is 0.400. The molecule has 0 aliphatic rings. The first-order chi connectivity index (χ1) is 8.66. The Balaban J connectivity index is 2.82. The summed E-state index contributed by atoms with van der Waals surface area (Å²) in [4.78, 5) is 3.24. The van der Waals surface area contributed by atoms with Crippen LogP contribution in [-0.2, 0) is 22.3 Å². The summed E-state index contributed by atoms with van der Waals surface area (Å²) in [7, 11) is -3.03. The van der Waals surface area contributed by atoms with Crippen molar-refractivity contribution in [3.63, 3.8) is 0 Å². The van der Waals surface area contributed by atoms with Gasteiger partial charge in [0, 0.05) is 12.5 Å². The largest absolute Gasteiger partial charge is 0.632 e. The van der Waals surface area contributed by atoms with Crippen LogP contribution >= 0.6 is 0 Å². The Morgan fingerprint density at radius 2 is 2.16 bits per heavy atom. The maximum absolute atomic E-state index is 12.3. The van der Waals surface area contributed by atoms with Gasteiger partial charge in [0.1, 0.15) is 15.4 Å². The molecule has 0 amide bonds. The molecule has 9 heteroatoms. The number of halogens is 3. The van der Waals surface area contributed by atoms with Crippen molar-refractivity contribution in [2.75, 3.05) is 12.0 Å². The van der Waals surface area contributed by atoms with Crippen LogP contribution in [0.15, 0.2) is 18.3 Å². The van der Waals surface area contributed by atoms with Gasteiger partial charge in [-0.25, -0.2) is 4.21 Å². The molecule has 1 aromatic rings. The van der Waals surface area contributed by atoms with Crippen molar-refractivity contribution in [3.05, 3.63) is 34.8 Å². The molecule has 0 bridgehead atoms. The number of aromatic nitrogens is 1. The van der Waals surface area contributed by atoms with E-state index in [1.165, 1.54) is 12.3 Å². The number of nitriles is 1. The van der Waals surface area contributed by atoms with E-state index in [1.807, 2.05) is 0 Å². The van der Waals surface area contributed by atoms with Gasteiger partial charge in [-0.05, 0) is 18.1 Å². The number of rotatable bonds is 3. The molecule has 1 heterocycles. The molecule has 0 spiro atoms. The molecular weight excluding hydrogens is 283 g/mol. The molecule has 1 aromatic heterocycles. The van der Waals surface area contributed by atoms with Gasteiger partial charge in [-0.15, -0.1) is 0 Å². The summed E-state index contributed by atoms with van der Waals surface area (Å²) >= 11 is 0. The Kier molecular flexibility index (Phi) is 4.49. The summed E-state index contributed by atoms with van der Waals surface area (Å²) in [5.41, 5.74) is -0.607. The highest BCUT2D eigenvalue weighted by molar-refractivity contribution is 7.90. The zero-order valence-corrected chi connectivity index (χ0v) is 10.7. The first-order valence-corrected chi connectivity index (χ1v) is 7.12. The van der Waals surface area contributed by atoms with Gasteiger partial charge in [0.25, 0.3) is 0 Å². The number of hydrogen-bond donors (Lipinski definition) is 0. The van der Waals surface area contributed by atoms with Crippen LogP contribution in [0.2, 0.25) is 0 Å². The molecule has 0 N–H and O–H groups in total. The minimum absolute atomic E-state index is 0.0981. The summed E-state index contributed by atoms with van der Waals surface area (Å²) < 4.78 is 48.3. The Morgan fingerprint density at radius 1 is 1.53 bits per heavy atom. The SMILES string of the molecule is CS(=O)(CCc1ccc(C(F)(F)F)nc1)=[N+]([O-])C#N. The molecule has 104 valence electrons. The Morgan fingerprint density at radius 3 is 2.58 bits per heavy atom. The minimum atomic E-state index is -4.51. The lowest BCUT2D eigenvalue weighted by Crippen LogP contribution is -2.16. The van der Waals surface area contributed by atoms with Crippen LogP contribution < -0.4 is 0 Å². The summed E-state index contributed by atoms with van der Waals surface area (Å²) in [5, 5.41) is 19.3. The van der Waals surface area contributed by atoms with Crippen molar-refractivity contribution in [3.8, 4) is 6.19 Å². The van der Waals surface area contributed by atoms with Crippen molar-refractivity contribution >= 4 is 9.73 Å². The van der Waals surface area contributed by atoms with Crippen molar-refractivity contribution in [1.29, 1.82) is 5.26 Å². The highest BCUT2D eigenvalue weighted by Gasteiger charge is 2.31. The zero-order valence-electron chi connectivity index (χ0n) is 9.85. The smallest absolute Gasteiger partial charge is 0.463 e. The molecule has 1 atom stereocenters. The van der Waals surface area contributed by atoms with E-state index in [9.17, 15) is 22.6 Å². The molecule has 1 unspecified atom stereocenters. The van der Waals surface area contributed by atoms with E-state index in [4.69, 9.17) is 5.26 Å². The summed E-state index contributed by atoms with van der Waals surface area (Å²) in [6.07, 6.45) is -1.06. The van der Waals surface area contributed by atoms with Gasteiger partial charge in [0.15, 0.2) is 5.26 Å². The first kappa shape index (κ1) is 15.4. The summed E-state index contributed by atoms with van der Waals surface area (Å²) in [6.45, 7) is 0. The predicted molar refractivity (Wildman–Crippen MR) is 61.1 cm³/mol.